The van der Waals surface area contributed by atoms with Crippen LogP contribution in [0.4, 0.5) is 5.13 Å². The number of nitrogens with zero attached hydrogens (tertiary/aromatic N) is 2. The first-order valence-corrected chi connectivity index (χ1v) is 9.51. The zero-order valence-corrected chi connectivity index (χ0v) is 15.3. The Balaban J connectivity index is 1.48. The van der Waals surface area contributed by atoms with E-state index in [1.807, 2.05) is 18.2 Å². The Kier molecular flexibility index (Phi) is 4.63. The third-order valence-corrected chi connectivity index (χ3v) is 5.65. The topological polar surface area (TPSA) is 117 Å². The summed E-state index contributed by atoms with van der Waals surface area (Å²) in [5, 5.41) is 6.16. The van der Waals surface area contributed by atoms with Gasteiger partial charge in [-0.2, -0.15) is 0 Å². The maximum atomic E-state index is 13.0. The van der Waals surface area contributed by atoms with Crippen LogP contribution in [0.3, 0.4) is 0 Å². The van der Waals surface area contributed by atoms with E-state index < -0.39 is 11.9 Å². The minimum Gasteiger partial charge on any atom is -0.375 e. The van der Waals surface area contributed by atoms with Crippen molar-refractivity contribution in [3.05, 3.63) is 46.0 Å². The third kappa shape index (κ3) is 3.43. The Morgan fingerprint density at radius 2 is 2.15 bits per heavy atom. The molecule has 9 heteroatoms. The molecule has 4 rings (SSSR count). The molecule has 1 aromatic carbocycles. The van der Waals surface area contributed by atoms with Gasteiger partial charge in [0.05, 0.1) is 0 Å². The molecule has 0 aliphatic carbocycles. The quantitative estimate of drug-likeness (QED) is 0.655. The lowest BCUT2D eigenvalue weighted by molar-refractivity contribution is -0.136. The van der Waals surface area contributed by atoms with E-state index in [0.29, 0.717) is 36.8 Å². The van der Waals surface area contributed by atoms with Crippen molar-refractivity contribution in [1.82, 2.24) is 20.5 Å². The molecule has 4 N–H and O–H groups in total. The van der Waals surface area contributed by atoms with Crippen LogP contribution in [-0.4, -0.2) is 33.6 Å². The lowest BCUT2D eigenvalue weighted by atomic mass is 10.0. The summed E-state index contributed by atoms with van der Waals surface area (Å²) in [5.74, 6) is -0.831. The van der Waals surface area contributed by atoms with Crippen LogP contribution in [0.15, 0.2) is 24.4 Å². The molecule has 8 nitrogen and oxygen atoms in total. The first kappa shape index (κ1) is 17.6. The highest BCUT2D eigenvalue weighted by Crippen LogP contribution is 2.29. The second kappa shape index (κ2) is 7.09. The minimum absolute atomic E-state index is 0.154. The number of benzene rings is 1. The maximum absolute atomic E-state index is 13.0. The molecule has 3 heterocycles. The van der Waals surface area contributed by atoms with Crippen LogP contribution < -0.4 is 16.4 Å². The van der Waals surface area contributed by atoms with Crippen molar-refractivity contribution in [1.29, 1.82) is 0 Å². The number of aromatic nitrogens is 1. The van der Waals surface area contributed by atoms with Crippen molar-refractivity contribution in [2.24, 2.45) is 0 Å². The summed E-state index contributed by atoms with van der Waals surface area (Å²) in [4.78, 5) is 43.1. The highest BCUT2D eigenvalue weighted by Gasteiger charge is 2.39. The van der Waals surface area contributed by atoms with Gasteiger partial charge in [-0.3, -0.25) is 19.7 Å². The lowest BCUT2D eigenvalue weighted by Crippen LogP contribution is -2.52. The van der Waals surface area contributed by atoms with E-state index in [-0.39, 0.29) is 18.2 Å². The Morgan fingerprint density at radius 1 is 1.30 bits per heavy atom. The van der Waals surface area contributed by atoms with E-state index in [9.17, 15) is 14.4 Å². The lowest BCUT2D eigenvalue weighted by Gasteiger charge is -2.29. The smallest absolute Gasteiger partial charge is 0.255 e. The molecule has 2 aromatic rings. The first-order chi connectivity index (χ1) is 13.0. The molecule has 0 bridgehead atoms. The van der Waals surface area contributed by atoms with Crippen molar-refractivity contribution in [3.8, 4) is 0 Å². The van der Waals surface area contributed by atoms with Gasteiger partial charge in [0.15, 0.2) is 5.13 Å². The van der Waals surface area contributed by atoms with Gasteiger partial charge >= 0.3 is 0 Å². The van der Waals surface area contributed by atoms with E-state index in [4.69, 9.17) is 5.73 Å². The van der Waals surface area contributed by atoms with Gasteiger partial charge in [0.25, 0.3) is 5.91 Å². The first-order valence-electron chi connectivity index (χ1n) is 8.69. The molecule has 0 radical (unpaired) electrons. The van der Waals surface area contributed by atoms with Gasteiger partial charge in [0.1, 0.15) is 6.04 Å². The number of fused-ring (bicyclic) bond motifs is 1. The molecular formula is C18H19N5O3S. The standard InChI is InChI=1S/C18H19N5O3S/c19-18-21-8-12(27-18)7-20-6-10-2-1-3-11-9-23(17(26)15(10)11)13-4-5-14(24)22-16(13)25/h1-3,8,13,20H,4-7,9H2,(H2,19,21)(H,22,24,25). The van der Waals surface area contributed by atoms with Crippen molar-refractivity contribution in [2.75, 3.05) is 5.73 Å². The number of carbonyl (C=O) groups is 3. The van der Waals surface area contributed by atoms with E-state index >= 15 is 0 Å². The fourth-order valence-electron chi connectivity index (χ4n) is 3.56. The molecule has 1 saturated heterocycles. The minimum atomic E-state index is -0.594. The molecule has 27 heavy (non-hydrogen) atoms. The van der Waals surface area contributed by atoms with Crippen LogP contribution >= 0.6 is 11.3 Å². The predicted molar refractivity (Wildman–Crippen MR) is 99.6 cm³/mol. The van der Waals surface area contributed by atoms with Crippen LogP contribution in [0.25, 0.3) is 0 Å². The molecule has 2 aliphatic heterocycles. The molecule has 0 spiro atoms. The summed E-state index contributed by atoms with van der Waals surface area (Å²) in [7, 11) is 0. The van der Waals surface area contributed by atoms with Crippen molar-refractivity contribution < 1.29 is 14.4 Å². The highest BCUT2D eigenvalue weighted by molar-refractivity contribution is 7.15. The molecule has 0 saturated carbocycles. The van der Waals surface area contributed by atoms with Crippen molar-refractivity contribution in [3.63, 3.8) is 0 Å². The number of amides is 3. The summed E-state index contributed by atoms with van der Waals surface area (Å²) in [6.07, 6.45) is 2.35. The normalized spacial score (nSPS) is 19.3. The zero-order valence-electron chi connectivity index (χ0n) is 14.5. The second-order valence-corrected chi connectivity index (χ2v) is 7.77. The highest BCUT2D eigenvalue weighted by atomic mass is 32.1. The average molecular weight is 385 g/mol. The van der Waals surface area contributed by atoms with E-state index in [1.165, 1.54) is 11.3 Å². The number of anilines is 1. The van der Waals surface area contributed by atoms with E-state index in [0.717, 1.165) is 16.0 Å². The van der Waals surface area contributed by atoms with Crippen LogP contribution in [0.5, 0.6) is 0 Å². The van der Waals surface area contributed by atoms with Gasteiger partial charge in [0, 0.05) is 42.7 Å². The average Bonchev–Trinajstić information content (AvgIpc) is 3.19. The second-order valence-electron chi connectivity index (χ2n) is 6.62. The summed E-state index contributed by atoms with van der Waals surface area (Å²) in [5.41, 5.74) is 8.09. The Hall–Kier alpha value is -2.78. The van der Waals surface area contributed by atoms with Crippen molar-refractivity contribution in [2.45, 2.75) is 38.5 Å². The molecule has 1 aromatic heterocycles. The maximum Gasteiger partial charge on any atom is 0.255 e. The SMILES string of the molecule is Nc1ncc(CNCc2cccc3c2C(=O)N(C2CCC(=O)NC2=O)C3)s1. The Labute approximate surface area is 159 Å². The van der Waals surface area contributed by atoms with Crippen LogP contribution in [0.2, 0.25) is 0 Å². The number of nitrogen functional groups attached to an aromatic ring is 1. The number of nitrogens with two attached hydrogens (primary N) is 1. The number of piperidine rings is 1. The molecule has 1 atom stereocenters. The molecular weight excluding hydrogens is 366 g/mol. The van der Waals surface area contributed by atoms with Gasteiger partial charge in [0.2, 0.25) is 11.8 Å². The van der Waals surface area contributed by atoms with E-state index in [2.05, 4.69) is 15.6 Å². The van der Waals surface area contributed by atoms with Gasteiger partial charge in [-0.15, -0.1) is 11.3 Å². The Bertz CT molecular complexity index is 925. The number of rotatable bonds is 5. The number of imide groups is 1. The monoisotopic (exact) mass is 385 g/mol. The fourth-order valence-corrected chi connectivity index (χ4v) is 4.22. The predicted octanol–water partition coefficient (Wildman–Crippen LogP) is 0.776. The number of nitrogens with one attached hydrogen (secondary N) is 2. The van der Waals surface area contributed by atoms with Crippen LogP contribution in [-0.2, 0) is 29.2 Å². The number of carbonyl (C=O) groups excluding carboxylic acids is 3. The third-order valence-electron chi connectivity index (χ3n) is 4.82. The van der Waals surface area contributed by atoms with Crippen molar-refractivity contribution >= 4 is 34.2 Å². The van der Waals surface area contributed by atoms with Crippen LogP contribution in [0.1, 0.15) is 39.2 Å². The number of thiazole rings is 1. The summed E-state index contributed by atoms with van der Waals surface area (Å²) in [6.45, 7) is 1.53. The van der Waals surface area contributed by atoms with Gasteiger partial charge in [-0.1, -0.05) is 18.2 Å². The molecule has 3 amide bonds. The molecule has 1 unspecified atom stereocenters. The number of hydrogen-bond donors (Lipinski definition) is 3. The number of hydrogen-bond acceptors (Lipinski definition) is 7. The fraction of sp³-hybridized carbons (Fsp3) is 0.333. The summed E-state index contributed by atoms with van der Waals surface area (Å²) < 4.78 is 0. The van der Waals surface area contributed by atoms with Gasteiger partial charge < -0.3 is 16.0 Å². The van der Waals surface area contributed by atoms with Gasteiger partial charge in [-0.25, -0.2) is 4.98 Å². The zero-order chi connectivity index (χ0) is 19.0. The van der Waals surface area contributed by atoms with Crippen LogP contribution in [0, 0.1) is 0 Å². The summed E-state index contributed by atoms with van der Waals surface area (Å²) >= 11 is 1.43. The molecule has 1 fully saturated rings. The molecule has 140 valence electrons. The molecule has 2 aliphatic rings. The Morgan fingerprint density at radius 3 is 2.89 bits per heavy atom. The van der Waals surface area contributed by atoms with Gasteiger partial charge in [-0.05, 0) is 17.5 Å². The summed E-state index contributed by atoms with van der Waals surface area (Å²) in [6, 6.07) is 5.15. The largest absolute Gasteiger partial charge is 0.375 e. The van der Waals surface area contributed by atoms with E-state index in [1.54, 1.807) is 11.1 Å².